The molecule has 1 aliphatic heterocycles. The van der Waals surface area contributed by atoms with Crippen LogP contribution in [0.15, 0.2) is 12.5 Å². The Kier molecular flexibility index (Phi) is 3.41. The number of anilines is 1. The molecule has 0 bridgehead atoms. The van der Waals surface area contributed by atoms with Gasteiger partial charge in [0.15, 0.2) is 5.13 Å². The molecule has 1 saturated heterocycles. The van der Waals surface area contributed by atoms with Crippen molar-refractivity contribution in [3.05, 3.63) is 12.5 Å². The van der Waals surface area contributed by atoms with Crippen LogP contribution in [0.25, 0.3) is 10.3 Å². The Bertz CT molecular complexity index is 599. The smallest absolute Gasteiger partial charge is 0.187 e. The second-order valence-corrected chi connectivity index (χ2v) is 8.23. The fraction of sp³-hybridized carbons (Fsp3) is 0.667. The lowest BCUT2D eigenvalue weighted by molar-refractivity contribution is 0.161. The first-order valence-corrected chi connectivity index (χ1v) is 8.16. The van der Waals surface area contributed by atoms with Crippen molar-refractivity contribution in [2.45, 2.75) is 57.7 Å². The minimum absolute atomic E-state index is 0.136. The van der Waals surface area contributed by atoms with Gasteiger partial charge in [-0.25, -0.2) is 15.0 Å². The van der Waals surface area contributed by atoms with Crippen LogP contribution >= 0.6 is 11.3 Å². The van der Waals surface area contributed by atoms with Crippen molar-refractivity contribution < 1.29 is 0 Å². The third-order valence-corrected chi connectivity index (χ3v) is 5.15. The number of rotatable bonds is 2. The Labute approximate surface area is 129 Å². The SMILES string of the molecule is CN(c1nc2cncnc2s1)C1CC(C)(C)NC(C)(C)C1. The molecule has 1 aliphatic rings. The molecule has 0 spiro atoms. The van der Waals surface area contributed by atoms with Gasteiger partial charge in [-0.1, -0.05) is 11.3 Å². The standard InChI is InChI=1S/C15H23N5S/c1-14(2)6-10(7-15(3,4)19-14)20(5)13-18-11-8-16-9-17-12(11)21-13/h8-10,19H,6-7H2,1-5H3. The predicted molar refractivity (Wildman–Crippen MR) is 87.9 cm³/mol. The largest absolute Gasteiger partial charge is 0.348 e. The first kappa shape index (κ1) is 14.7. The summed E-state index contributed by atoms with van der Waals surface area (Å²) in [5.41, 5.74) is 1.16. The molecule has 0 atom stereocenters. The third kappa shape index (κ3) is 3.01. The Balaban J connectivity index is 1.88. The van der Waals surface area contributed by atoms with Crippen molar-refractivity contribution in [3.8, 4) is 0 Å². The number of hydrogen-bond donors (Lipinski definition) is 1. The Morgan fingerprint density at radius 2 is 1.90 bits per heavy atom. The van der Waals surface area contributed by atoms with Crippen LogP contribution in [0.1, 0.15) is 40.5 Å². The van der Waals surface area contributed by atoms with E-state index in [1.54, 1.807) is 23.9 Å². The van der Waals surface area contributed by atoms with Crippen LogP contribution in [-0.4, -0.2) is 39.1 Å². The van der Waals surface area contributed by atoms with Gasteiger partial charge in [-0.2, -0.15) is 0 Å². The Morgan fingerprint density at radius 3 is 2.52 bits per heavy atom. The average Bonchev–Trinajstić information content (AvgIpc) is 2.77. The molecule has 5 nitrogen and oxygen atoms in total. The van der Waals surface area contributed by atoms with Crippen molar-refractivity contribution >= 4 is 26.8 Å². The van der Waals surface area contributed by atoms with E-state index in [1.807, 2.05) is 0 Å². The highest BCUT2D eigenvalue weighted by Crippen LogP contribution is 2.35. The molecule has 3 heterocycles. The van der Waals surface area contributed by atoms with E-state index < -0.39 is 0 Å². The molecule has 114 valence electrons. The Morgan fingerprint density at radius 1 is 1.24 bits per heavy atom. The van der Waals surface area contributed by atoms with E-state index in [0.29, 0.717) is 6.04 Å². The molecule has 1 fully saturated rings. The highest BCUT2D eigenvalue weighted by molar-refractivity contribution is 7.21. The van der Waals surface area contributed by atoms with Gasteiger partial charge >= 0.3 is 0 Å². The molecule has 0 aromatic carbocycles. The van der Waals surface area contributed by atoms with Crippen molar-refractivity contribution in [1.82, 2.24) is 20.3 Å². The summed E-state index contributed by atoms with van der Waals surface area (Å²) in [4.78, 5) is 16.3. The molecule has 6 heteroatoms. The minimum atomic E-state index is 0.136. The Hall–Kier alpha value is -1.27. The molecule has 3 rings (SSSR count). The molecule has 0 amide bonds. The summed E-state index contributed by atoms with van der Waals surface area (Å²) in [6, 6.07) is 0.477. The summed E-state index contributed by atoms with van der Waals surface area (Å²) in [5, 5.41) is 4.76. The minimum Gasteiger partial charge on any atom is -0.348 e. The fourth-order valence-corrected chi connectivity index (χ4v) is 4.44. The second kappa shape index (κ2) is 4.88. The summed E-state index contributed by atoms with van der Waals surface area (Å²) in [6.07, 6.45) is 5.58. The normalized spacial score (nSPS) is 21.6. The topological polar surface area (TPSA) is 53.9 Å². The number of hydrogen-bond acceptors (Lipinski definition) is 6. The van der Waals surface area contributed by atoms with Crippen LogP contribution in [-0.2, 0) is 0 Å². The van der Waals surface area contributed by atoms with Crippen LogP contribution in [0.5, 0.6) is 0 Å². The van der Waals surface area contributed by atoms with Gasteiger partial charge in [-0.05, 0) is 40.5 Å². The third-order valence-electron chi connectivity index (χ3n) is 4.08. The maximum atomic E-state index is 4.68. The molecule has 0 unspecified atom stereocenters. The summed E-state index contributed by atoms with van der Waals surface area (Å²) < 4.78 is 0. The second-order valence-electron chi connectivity index (χ2n) is 7.28. The van der Waals surface area contributed by atoms with Crippen LogP contribution in [0.4, 0.5) is 5.13 Å². The van der Waals surface area contributed by atoms with Crippen LogP contribution < -0.4 is 10.2 Å². The van der Waals surface area contributed by atoms with Gasteiger partial charge in [-0.3, -0.25) is 0 Å². The zero-order chi connectivity index (χ0) is 15.3. The van der Waals surface area contributed by atoms with Gasteiger partial charge in [0, 0.05) is 24.2 Å². The number of fused-ring (bicyclic) bond motifs is 1. The van der Waals surface area contributed by atoms with E-state index >= 15 is 0 Å². The van der Waals surface area contributed by atoms with Crippen molar-refractivity contribution in [2.75, 3.05) is 11.9 Å². The molecule has 0 radical (unpaired) electrons. The van der Waals surface area contributed by atoms with E-state index in [1.165, 1.54) is 0 Å². The van der Waals surface area contributed by atoms with E-state index in [0.717, 1.165) is 28.3 Å². The lowest BCUT2D eigenvalue weighted by atomic mass is 9.79. The van der Waals surface area contributed by atoms with Gasteiger partial charge in [-0.15, -0.1) is 0 Å². The highest BCUT2D eigenvalue weighted by atomic mass is 32.1. The van der Waals surface area contributed by atoms with Crippen molar-refractivity contribution in [2.24, 2.45) is 0 Å². The zero-order valence-corrected chi connectivity index (χ0v) is 14.2. The first-order chi connectivity index (χ1) is 9.76. The van der Waals surface area contributed by atoms with Gasteiger partial charge in [0.05, 0.1) is 6.20 Å². The number of nitrogens with one attached hydrogen (secondary N) is 1. The molecule has 21 heavy (non-hydrogen) atoms. The molecule has 2 aromatic rings. The van der Waals surface area contributed by atoms with E-state index in [2.05, 4.69) is 59.9 Å². The van der Waals surface area contributed by atoms with Gasteiger partial charge in [0.25, 0.3) is 0 Å². The number of piperidine rings is 1. The molecule has 2 aromatic heterocycles. The molecule has 1 N–H and O–H groups in total. The van der Waals surface area contributed by atoms with Crippen LogP contribution in [0.2, 0.25) is 0 Å². The molecule has 0 saturated carbocycles. The maximum absolute atomic E-state index is 4.68. The average molecular weight is 305 g/mol. The monoisotopic (exact) mass is 305 g/mol. The lowest BCUT2D eigenvalue weighted by Crippen LogP contribution is -2.61. The molecular formula is C15H23N5S. The van der Waals surface area contributed by atoms with E-state index in [4.69, 9.17) is 0 Å². The van der Waals surface area contributed by atoms with E-state index in [9.17, 15) is 0 Å². The number of thiazole rings is 1. The van der Waals surface area contributed by atoms with Gasteiger partial charge in [0.1, 0.15) is 16.7 Å². The summed E-state index contributed by atoms with van der Waals surface area (Å²) in [6.45, 7) is 9.11. The number of nitrogens with zero attached hydrogens (tertiary/aromatic N) is 4. The van der Waals surface area contributed by atoms with Crippen molar-refractivity contribution in [1.29, 1.82) is 0 Å². The van der Waals surface area contributed by atoms with Crippen LogP contribution in [0, 0.1) is 0 Å². The molecular weight excluding hydrogens is 282 g/mol. The fourth-order valence-electron chi connectivity index (χ4n) is 3.53. The predicted octanol–water partition coefficient (Wildman–Crippen LogP) is 2.83. The highest BCUT2D eigenvalue weighted by Gasteiger charge is 2.39. The maximum Gasteiger partial charge on any atom is 0.187 e. The van der Waals surface area contributed by atoms with Crippen LogP contribution in [0.3, 0.4) is 0 Å². The zero-order valence-electron chi connectivity index (χ0n) is 13.3. The lowest BCUT2D eigenvalue weighted by Gasteiger charge is -2.48. The number of aromatic nitrogens is 3. The quantitative estimate of drug-likeness (QED) is 0.924. The summed E-state index contributed by atoms with van der Waals surface area (Å²) in [5.74, 6) is 0. The summed E-state index contributed by atoms with van der Waals surface area (Å²) in [7, 11) is 2.15. The van der Waals surface area contributed by atoms with Gasteiger partial charge in [0.2, 0.25) is 0 Å². The van der Waals surface area contributed by atoms with E-state index in [-0.39, 0.29) is 11.1 Å². The first-order valence-electron chi connectivity index (χ1n) is 7.34. The molecule has 0 aliphatic carbocycles. The van der Waals surface area contributed by atoms with Crippen molar-refractivity contribution in [3.63, 3.8) is 0 Å². The van der Waals surface area contributed by atoms with Gasteiger partial charge < -0.3 is 10.2 Å². The summed E-state index contributed by atoms with van der Waals surface area (Å²) >= 11 is 1.64.